The molecule has 0 fully saturated rings. The third-order valence-corrected chi connectivity index (χ3v) is 3.53. The molecule has 0 spiro atoms. The van der Waals surface area contributed by atoms with Crippen LogP contribution in [-0.4, -0.2) is 0 Å². The van der Waals surface area contributed by atoms with Crippen LogP contribution in [0.15, 0.2) is 48.5 Å². The SMILES string of the molecule is CC[C@H](N)c1ccc(Oc2ccc(C(C)C)cc2)cc1. The normalized spacial score (nSPS) is 12.4. The molecule has 0 aliphatic rings. The van der Waals surface area contributed by atoms with Crippen molar-refractivity contribution in [1.82, 2.24) is 0 Å². The first-order valence-corrected chi connectivity index (χ1v) is 7.23. The van der Waals surface area contributed by atoms with E-state index < -0.39 is 0 Å². The minimum atomic E-state index is 0.106. The van der Waals surface area contributed by atoms with E-state index in [-0.39, 0.29) is 6.04 Å². The van der Waals surface area contributed by atoms with Crippen molar-refractivity contribution in [3.63, 3.8) is 0 Å². The van der Waals surface area contributed by atoms with Crippen molar-refractivity contribution in [3.05, 3.63) is 59.7 Å². The predicted octanol–water partition coefficient (Wildman–Crippen LogP) is 5.01. The molecule has 0 aliphatic heterocycles. The number of nitrogens with two attached hydrogens (primary N) is 1. The van der Waals surface area contributed by atoms with Gasteiger partial charge in [-0.05, 0) is 47.7 Å². The third kappa shape index (κ3) is 3.61. The van der Waals surface area contributed by atoms with Gasteiger partial charge in [0.1, 0.15) is 11.5 Å². The van der Waals surface area contributed by atoms with Crippen molar-refractivity contribution >= 4 is 0 Å². The predicted molar refractivity (Wildman–Crippen MR) is 84.3 cm³/mol. The van der Waals surface area contributed by atoms with E-state index in [1.54, 1.807) is 0 Å². The van der Waals surface area contributed by atoms with Crippen LogP contribution in [0.2, 0.25) is 0 Å². The zero-order valence-electron chi connectivity index (χ0n) is 12.5. The van der Waals surface area contributed by atoms with E-state index in [0.29, 0.717) is 5.92 Å². The van der Waals surface area contributed by atoms with Gasteiger partial charge in [0.05, 0.1) is 0 Å². The van der Waals surface area contributed by atoms with Crippen molar-refractivity contribution in [1.29, 1.82) is 0 Å². The number of hydrogen-bond acceptors (Lipinski definition) is 2. The Morgan fingerprint density at radius 1 is 0.850 bits per heavy atom. The van der Waals surface area contributed by atoms with Gasteiger partial charge in [-0.2, -0.15) is 0 Å². The Balaban J connectivity index is 2.06. The highest BCUT2D eigenvalue weighted by Crippen LogP contribution is 2.25. The van der Waals surface area contributed by atoms with Crippen LogP contribution in [0.1, 0.15) is 50.3 Å². The van der Waals surface area contributed by atoms with E-state index in [4.69, 9.17) is 10.5 Å². The lowest BCUT2D eigenvalue weighted by molar-refractivity contribution is 0.482. The van der Waals surface area contributed by atoms with Gasteiger partial charge in [0.25, 0.3) is 0 Å². The third-order valence-electron chi connectivity index (χ3n) is 3.53. The van der Waals surface area contributed by atoms with Gasteiger partial charge >= 0.3 is 0 Å². The average molecular weight is 269 g/mol. The molecule has 2 N–H and O–H groups in total. The van der Waals surface area contributed by atoms with Gasteiger partial charge in [0.15, 0.2) is 0 Å². The molecule has 2 aromatic rings. The monoisotopic (exact) mass is 269 g/mol. The summed E-state index contributed by atoms with van der Waals surface area (Å²) in [5, 5.41) is 0. The summed E-state index contributed by atoms with van der Waals surface area (Å²) >= 11 is 0. The standard InChI is InChI=1S/C18H23NO/c1-4-18(19)15-7-11-17(12-8-15)20-16-9-5-14(6-10-16)13(2)3/h5-13,18H,4,19H2,1-3H3/t18-/m0/s1. The van der Waals surface area contributed by atoms with Crippen molar-refractivity contribution in [3.8, 4) is 11.5 Å². The second-order valence-electron chi connectivity index (χ2n) is 5.41. The van der Waals surface area contributed by atoms with Crippen molar-refractivity contribution in [2.45, 2.75) is 39.2 Å². The summed E-state index contributed by atoms with van der Waals surface area (Å²) in [4.78, 5) is 0. The second-order valence-corrected chi connectivity index (χ2v) is 5.41. The molecule has 20 heavy (non-hydrogen) atoms. The first-order chi connectivity index (χ1) is 9.60. The Hall–Kier alpha value is -1.80. The Bertz CT molecular complexity index is 528. The number of rotatable bonds is 5. The summed E-state index contributed by atoms with van der Waals surface area (Å²) in [5.74, 6) is 2.25. The van der Waals surface area contributed by atoms with Crippen molar-refractivity contribution < 1.29 is 4.74 Å². The molecule has 0 radical (unpaired) electrons. The lowest BCUT2D eigenvalue weighted by Crippen LogP contribution is -2.07. The molecule has 0 amide bonds. The van der Waals surface area contributed by atoms with E-state index >= 15 is 0 Å². The first-order valence-electron chi connectivity index (χ1n) is 7.23. The van der Waals surface area contributed by atoms with Crippen LogP contribution >= 0.6 is 0 Å². The molecular weight excluding hydrogens is 246 g/mol. The largest absolute Gasteiger partial charge is 0.457 e. The average Bonchev–Trinajstić information content (AvgIpc) is 2.48. The second kappa shape index (κ2) is 6.58. The molecule has 0 unspecified atom stereocenters. The van der Waals surface area contributed by atoms with E-state index in [9.17, 15) is 0 Å². The molecule has 1 atom stereocenters. The topological polar surface area (TPSA) is 35.2 Å². The van der Waals surface area contributed by atoms with E-state index in [0.717, 1.165) is 23.5 Å². The van der Waals surface area contributed by atoms with Crippen LogP contribution in [0.25, 0.3) is 0 Å². The van der Waals surface area contributed by atoms with Crippen LogP contribution in [0.3, 0.4) is 0 Å². The van der Waals surface area contributed by atoms with Gasteiger partial charge in [-0.25, -0.2) is 0 Å². The molecular formula is C18H23NO. The van der Waals surface area contributed by atoms with Crippen LogP contribution in [0.4, 0.5) is 0 Å². The Morgan fingerprint density at radius 3 is 1.70 bits per heavy atom. The minimum absolute atomic E-state index is 0.106. The fourth-order valence-electron chi connectivity index (χ4n) is 2.08. The molecule has 0 bridgehead atoms. The van der Waals surface area contributed by atoms with Gasteiger partial charge in [-0.3, -0.25) is 0 Å². The fourth-order valence-corrected chi connectivity index (χ4v) is 2.08. The molecule has 0 aromatic heterocycles. The summed E-state index contributed by atoms with van der Waals surface area (Å²) < 4.78 is 5.84. The van der Waals surface area contributed by atoms with Gasteiger partial charge in [0, 0.05) is 6.04 Å². The van der Waals surface area contributed by atoms with Crippen LogP contribution < -0.4 is 10.5 Å². The summed E-state index contributed by atoms with van der Waals surface area (Å²) in [6, 6.07) is 16.4. The summed E-state index contributed by atoms with van der Waals surface area (Å²) in [6.07, 6.45) is 0.941. The highest BCUT2D eigenvalue weighted by atomic mass is 16.5. The number of hydrogen-bond donors (Lipinski definition) is 1. The zero-order valence-corrected chi connectivity index (χ0v) is 12.5. The van der Waals surface area contributed by atoms with Gasteiger partial charge in [-0.1, -0.05) is 45.0 Å². The quantitative estimate of drug-likeness (QED) is 0.827. The molecule has 106 valence electrons. The minimum Gasteiger partial charge on any atom is -0.457 e. The number of ether oxygens (including phenoxy) is 1. The molecule has 2 rings (SSSR count). The van der Waals surface area contributed by atoms with Gasteiger partial charge in [-0.15, -0.1) is 0 Å². The van der Waals surface area contributed by atoms with Crippen LogP contribution in [0.5, 0.6) is 11.5 Å². The number of benzene rings is 2. The van der Waals surface area contributed by atoms with E-state index in [2.05, 4.69) is 32.9 Å². The van der Waals surface area contributed by atoms with E-state index in [1.807, 2.05) is 36.4 Å². The summed E-state index contributed by atoms with van der Waals surface area (Å²) in [7, 11) is 0. The smallest absolute Gasteiger partial charge is 0.127 e. The Labute approximate surface area is 121 Å². The zero-order chi connectivity index (χ0) is 14.5. The maximum absolute atomic E-state index is 6.00. The first kappa shape index (κ1) is 14.6. The molecule has 0 saturated carbocycles. The highest BCUT2D eigenvalue weighted by molar-refractivity contribution is 5.35. The summed E-state index contributed by atoms with van der Waals surface area (Å²) in [6.45, 7) is 6.46. The molecule has 2 nitrogen and oxygen atoms in total. The van der Waals surface area contributed by atoms with Crippen molar-refractivity contribution in [2.24, 2.45) is 5.73 Å². The van der Waals surface area contributed by atoms with Gasteiger partial charge < -0.3 is 10.5 Å². The molecule has 0 heterocycles. The Kier molecular flexibility index (Phi) is 4.80. The van der Waals surface area contributed by atoms with Crippen LogP contribution in [0, 0.1) is 0 Å². The van der Waals surface area contributed by atoms with Gasteiger partial charge in [0.2, 0.25) is 0 Å². The maximum Gasteiger partial charge on any atom is 0.127 e. The molecule has 2 aromatic carbocycles. The maximum atomic E-state index is 6.00. The summed E-state index contributed by atoms with van der Waals surface area (Å²) in [5.41, 5.74) is 8.47. The lowest BCUT2D eigenvalue weighted by Gasteiger charge is -2.11. The molecule has 2 heteroatoms. The van der Waals surface area contributed by atoms with Crippen LogP contribution in [-0.2, 0) is 0 Å². The highest BCUT2D eigenvalue weighted by Gasteiger charge is 2.04. The van der Waals surface area contributed by atoms with E-state index in [1.165, 1.54) is 5.56 Å². The van der Waals surface area contributed by atoms with Crippen molar-refractivity contribution in [2.75, 3.05) is 0 Å². The lowest BCUT2D eigenvalue weighted by atomic mass is 10.0. The Morgan fingerprint density at radius 2 is 1.30 bits per heavy atom. The fraction of sp³-hybridized carbons (Fsp3) is 0.333. The molecule has 0 aliphatic carbocycles. The molecule has 0 saturated heterocycles.